The maximum atomic E-state index is 11.1. The predicted octanol–water partition coefficient (Wildman–Crippen LogP) is 4.06. The fourth-order valence-electron chi connectivity index (χ4n) is 1.97. The van der Waals surface area contributed by atoms with E-state index < -0.39 is 5.97 Å². The van der Waals surface area contributed by atoms with Crippen molar-refractivity contribution in [2.45, 2.75) is 26.2 Å². The Kier molecular flexibility index (Phi) is 3.89. The van der Waals surface area contributed by atoms with Gasteiger partial charge in [0.2, 0.25) is 0 Å². The average molecular weight is 285 g/mol. The summed E-state index contributed by atoms with van der Waals surface area (Å²) >= 11 is 0. The van der Waals surface area contributed by atoms with Crippen molar-refractivity contribution in [3.05, 3.63) is 53.6 Å². The lowest BCUT2D eigenvalue weighted by molar-refractivity contribution is 0.0697. The smallest absolute Gasteiger partial charge is 0.337 e. The third-order valence-electron chi connectivity index (χ3n) is 3.22. The average Bonchev–Trinajstić information content (AvgIpc) is 2.40. The molecular weight excluding hydrogens is 266 g/mol. The molecule has 0 fully saturated rings. The summed E-state index contributed by atoms with van der Waals surface area (Å²) in [4.78, 5) is 11.1. The minimum atomic E-state index is -1.07. The number of nitrogen functional groups attached to an aromatic ring is 1. The van der Waals surface area contributed by atoms with Gasteiger partial charge in [0.15, 0.2) is 5.75 Å². The second-order valence-corrected chi connectivity index (χ2v) is 5.90. The number of carboxylic acids is 1. The van der Waals surface area contributed by atoms with Crippen LogP contribution in [-0.4, -0.2) is 11.1 Å². The van der Waals surface area contributed by atoms with Crippen LogP contribution in [0.25, 0.3) is 0 Å². The number of para-hydroxylation sites is 1. The molecule has 0 aliphatic heterocycles. The summed E-state index contributed by atoms with van der Waals surface area (Å²) in [6.07, 6.45) is 0. The monoisotopic (exact) mass is 285 g/mol. The van der Waals surface area contributed by atoms with Crippen LogP contribution in [-0.2, 0) is 5.41 Å². The number of ether oxygens (including phenoxy) is 1. The number of rotatable bonds is 3. The SMILES string of the molecule is CC(C)(C)c1cccc(Oc2cccc(C(=O)O)c2N)c1. The van der Waals surface area contributed by atoms with Gasteiger partial charge in [0.25, 0.3) is 0 Å². The molecule has 0 saturated heterocycles. The predicted molar refractivity (Wildman–Crippen MR) is 83.0 cm³/mol. The molecule has 0 unspecified atom stereocenters. The Morgan fingerprint density at radius 2 is 1.81 bits per heavy atom. The largest absolute Gasteiger partial charge is 0.478 e. The Labute approximate surface area is 124 Å². The van der Waals surface area contributed by atoms with Gasteiger partial charge in [-0.2, -0.15) is 0 Å². The molecule has 0 atom stereocenters. The van der Waals surface area contributed by atoms with Crippen molar-refractivity contribution in [1.82, 2.24) is 0 Å². The summed E-state index contributed by atoms with van der Waals surface area (Å²) in [5.41, 5.74) is 7.16. The van der Waals surface area contributed by atoms with Crippen molar-refractivity contribution in [2.75, 3.05) is 5.73 Å². The highest BCUT2D eigenvalue weighted by molar-refractivity contribution is 5.95. The van der Waals surface area contributed by atoms with E-state index in [9.17, 15) is 4.79 Å². The third kappa shape index (κ3) is 3.34. The molecule has 2 rings (SSSR count). The van der Waals surface area contributed by atoms with E-state index in [1.54, 1.807) is 12.1 Å². The lowest BCUT2D eigenvalue weighted by Gasteiger charge is -2.20. The Morgan fingerprint density at radius 1 is 1.14 bits per heavy atom. The molecule has 0 aromatic heterocycles. The molecule has 0 heterocycles. The second-order valence-electron chi connectivity index (χ2n) is 5.90. The van der Waals surface area contributed by atoms with Gasteiger partial charge in [-0.1, -0.05) is 39.0 Å². The van der Waals surface area contributed by atoms with Crippen molar-refractivity contribution in [2.24, 2.45) is 0 Å². The minimum absolute atomic E-state index is 0.00777. The van der Waals surface area contributed by atoms with Gasteiger partial charge >= 0.3 is 5.97 Å². The first-order valence-electron chi connectivity index (χ1n) is 6.69. The van der Waals surface area contributed by atoms with Gasteiger partial charge < -0.3 is 15.6 Å². The van der Waals surface area contributed by atoms with Crippen molar-refractivity contribution < 1.29 is 14.6 Å². The molecule has 0 saturated carbocycles. The van der Waals surface area contributed by atoms with Crippen molar-refractivity contribution in [3.63, 3.8) is 0 Å². The van der Waals surface area contributed by atoms with Gasteiger partial charge in [-0.3, -0.25) is 0 Å². The van der Waals surface area contributed by atoms with Gasteiger partial charge in [-0.15, -0.1) is 0 Å². The summed E-state index contributed by atoms with van der Waals surface area (Å²) in [7, 11) is 0. The number of anilines is 1. The minimum Gasteiger partial charge on any atom is -0.478 e. The van der Waals surface area contributed by atoms with Gasteiger partial charge in [0.1, 0.15) is 5.75 Å². The highest BCUT2D eigenvalue weighted by Crippen LogP contribution is 2.32. The van der Waals surface area contributed by atoms with Crippen molar-refractivity contribution in [3.8, 4) is 11.5 Å². The summed E-state index contributed by atoms with van der Waals surface area (Å²) < 4.78 is 5.75. The molecule has 4 heteroatoms. The Morgan fingerprint density at radius 3 is 2.43 bits per heavy atom. The molecule has 0 spiro atoms. The number of aromatic carboxylic acids is 1. The third-order valence-corrected chi connectivity index (χ3v) is 3.22. The van der Waals surface area contributed by atoms with Gasteiger partial charge in [-0.05, 0) is 35.2 Å². The molecule has 2 aromatic rings. The van der Waals surface area contributed by atoms with E-state index in [4.69, 9.17) is 15.6 Å². The molecule has 2 aromatic carbocycles. The Bertz CT molecular complexity index is 672. The van der Waals surface area contributed by atoms with E-state index >= 15 is 0 Å². The fraction of sp³-hybridized carbons (Fsp3) is 0.235. The first kappa shape index (κ1) is 14.9. The molecule has 4 nitrogen and oxygen atoms in total. The maximum Gasteiger partial charge on any atom is 0.337 e. The normalized spacial score (nSPS) is 11.2. The number of carbonyl (C=O) groups is 1. The number of hydrogen-bond donors (Lipinski definition) is 2. The van der Waals surface area contributed by atoms with Crippen molar-refractivity contribution >= 4 is 11.7 Å². The lowest BCUT2D eigenvalue weighted by atomic mass is 9.87. The van der Waals surface area contributed by atoms with E-state index in [2.05, 4.69) is 20.8 Å². The molecule has 21 heavy (non-hydrogen) atoms. The zero-order chi connectivity index (χ0) is 15.6. The zero-order valence-corrected chi connectivity index (χ0v) is 12.4. The molecule has 110 valence electrons. The van der Waals surface area contributed by atoms with Crippen LogP contribution in [0.15, 0.2) is 42.5 Å². The number of hydrogen-bond acceptors (Lipinski definition) is 3. The van der Waals surface area contributed by atoms with Crippen LogP contribution in [0.3, 0.4) is 0 Å². The molecule has 0 bridgehead atoms. The Balaban J connectivity index is 2.35. The topological polar surface area (TPSA) is 72.5 Å². The first-order chi connectivity index (χ1) is 9.79. The van der Waals surface area contributed by atoms with Crippen molar-refractivity contribution in [1.29, 1.82) is 0 Å². The van der Waals surface area contributed by atoms with E-state index in [0.29, 0.717) is 11.5 Å². The number of carboxylic acid groups (broad SMARTS) is 1. The Hall–Kier alpha value is -2.49. The quantitative estimate of drug-likeness (QED) is 0.834. The van der Waals surface area contributed by atoms with E-state index in [1.165, 1.54) is 6.07 Å². The summed E-state index contributed by atoms with van der Waals surface area (Å²) in [6.45, 7) is 6.35. The maximum absolute atomic E-state index is 11.1. The summed E-state index contributed by atoms with van der Waals surface area (Å²) in [6, 6.07) is 12.4. The van der Waals surface area contributed by atoms with E-state index in [-0.39, 0.29) is 16.7 Å². The number of nitrogens with two attached hydrogens (primary N) is 1. The molecule has 0 aliphatic carbocycles. The van der Waals surface area contributed by atoms with Crippen LogP contribution < -0.4 is 10.5 Å². The molecule has 0 aliphatic rings. The highest BCUT2D eigenvalue weighted by atomic mass is 16.5. The molecule has 0 radical (unpaired) electrons. The molecular formula is C17H19NO3. The van der Waals surface area contributed by atoms with Gasteiger partial charge in [-0.25, -0.2) is 4.79 Å². The van der Waals surface area contributed by atoms with Crippen LogP contribution in [0.1, 0.15) is 36.7 Å². The van der Waals surface area contributed by atoms with Crippen LogP contribution in [0.4, 0.5) is 5.69 Å². The molecule has 0 amide bonds. The van der Waals surface area contributed by atoms with Crippen LogP contribution >= 0.6 is 0 Å². The van der Waals surface area contributed by atoms with E-state index in [0.717, 1.165) is 5.56 Å². The first-order valence-corrected chi connectivity index (χ1v) is 6.69. The molecule has 3 N–H and O–H groups in total. The highest BCUT2D eigenvalue weighted by Gasteiger charge is 2.16. The van der Waals surface area contributed by atoms with Gasteiger partial charge in [0, 0.05) is 0 Å². The summed E-state index contributed by atoms with van der Waals surface area (Å²) in [5.74, 6) is -0.0842. The van der Waals surface area contributed by atoms with Gasteiger partial charge in [0.05, 0.1) is 11.3 Å². The van der Waals surface area contributed by atoms with Crippen LogP contribution in [0.2, 0.25) is 0 Å². The van der Waals surface area contributed by atoms with Crippen LogP contribution in [0.5, 0.6) is 11.5 Å². The standard InChI is InChI=1S/C17H19NO3/c1-17(2,3)11-6-4-7-12(10-11)21-14-9-5-8-13(15(14)18)16(19)20/h4-10H,18H2,1-3H3,(H,19,20). The lowest BCUT2D eigenvalue weighted by Crippen LogP contribution is -2.10. The fourth-order valence-corrected chi connectivity index (χ4v) is 1.97. The number of benzene rings is 2. The second kappa shape index (κ2) is 5.48. The zero-order valence-electron chi connectivity index (χ0n) is 12.4. The van der Waals surface area contributed by atoms with Crippen LogP contribution in [0, 0.1) is 0 Å². The summed E-state index contributed by atoms with van der Waals surface area (Å²) in [5, 5.41) is 9.07. The van der Waals surface area contributed by atoms with E-state index in [1.807, 2.05) is 24.3 Å².